The Labute approximate surface area is 131 Å². The van der Waals surface area contributed by atoms with Crippen LogP contribution in [0.25, 0.3) is 0 Å². The highest BCUT2D eigenvalue weighted by Crippen LogP contribution is 2.31. The van der Waals surface area contributed by atoms with E-state index in [1.807, 2.05) is 25.1 Å². The van der Waals surface area contributed by atoms with Gasteiger partial charge in [0, 0.05) is 27.3 Å². The Kier molecular flexibility index (Phi) is 5.02. The Morgan fingerprint density at radius 2 is 2.10 bits per heavy atom. The molecule has 0 bridgehead atoms. The molecule has 2 rings (SSSR count). The fraction of sp³-hybridized carbons (Fsp3) is 0.200. The van der Waals surface area contributed by atoms with Gasteiger partial charge in [0.2, 0.25) is 0 Å². The van der Waals surface area contributed by atoms with Crippen molar-refractivity contribution in [3.8, 4) is 0 Å². The first kappa shape index (κ1) is 15.3. The van der Waals surface area contributed by atoms with E-state index in [0.717, 1.165) is 15.7 Å². The van der Waals surface area contributed by atoms with Gasteiger partial charge in [-0.05, 0) is 52.7 Å². The molecule has 0 fully saturated rings. The molecule has 0 heterocycles. The average molecular weight is 358 g/mol. The number of benzene rings is 2. The lowest BCUT2D eigenvalue weighted by atomic mass is 10.1. The lowest BCUT2D eigenvalue weighted by Gasteiger charge is -2.21. The molecule has 1 unspecified atom stereocenters. The van der Waals surface area contributed by atoms with Crippen LogP contribution < -0.4 is 11.1 Å². The SMILES string of the molecule is Cc1ccc(Br)c(NC(CN)c2c(F)cccc2Cl)c1. The van der Waals surface area contributed by atoms with E-state index >= 15 is 0 Å². The van der Waals surface area contributed by atoms with Crippen LogP contribution in [0.15, 0.2) is 40.9 Å². The van der Waals surface area contributed by atoms with Gasteiger partial charge in [0.1, 0.15) is 5.82 Å². The first-order valence-corrected chi connectivity index (χ1v) is 7.36. The molecule has 0 aliphatic carbocycles. The normalized spacial score (nSPS) is 12.2. The third-order valence-electron chi connectivity index (χ3n) is 3.04. The molecule has 0 aromatic heterocycles. The summed E-state index contributed by atoms with van der Waals surface area (Å²) < 4.78 is 14.9. The van der Waals surface area contributed by atoms with Crippen LogP contribution in [0.3, 0.4) is 0 Å². The summed E-state index contributed by atoms with van der Waals surface area (Å²) in [5, 5.41) is 3.61. The molecule has 3 N–H and O–H groups in total. The number of rotatable bonds is 4. The van der Waals surface area contributed by atoms with Crippen LogP contribution in [0.2, 0.25) is 5.02 Å². The molecule has 1 atom stereocenters. The van der Waals surface area contributed by atoms with E-state index < -0.39 is 0 Å². The lowest BCUT2D eigenvalue weighted by molar-refractivity contribution is 0.593. The van der Waals surface area contributed by atoms with E-state index in [-0.39, 0.29) is 18.4 Å². The van der Waals surface area contributed by atoms with Crippen LogP contribution in [-0.4, -0.2) is 6.54 Å². The fourth-order valence-electron chi connectivity index (χ4n) is 2.03. The maximum absolute atomic E-state index is 14.0. The third kappa shape index (κ3) is 3.32. The summed E-state index contributed by atoms with van der Waals surface area (Å²) in [6.07, 6.45) is 0. The summed E-state index contributed by atoms with van der Waals surface area (Å²) in [6, 6.07) is 10.1. The summed E-state index contributed by atoms with van der Waals surface area (Å²) >= 11 is 9.56. The minimum absolute atomic E-state index is 0.237. The van der Waals surface area contributed by atoms with Crippen LogP contribution in [0, 0.1) is 12.7 Å². The highest BCUT2D eigenvalue weighted by atomic mass is 79.9. The van der Waals surface area contributed by atoms with Crippen molar-refractivity contribution in [3.05, 3.63) is 62.8 Å². The minimum Gasteiger partial charge on any atom is -0.376 e. The zero-order chi connectivity index (χ0) is 14.7. The maximum atomic E-state index is 14.0. The third-order valence-corrected chi connectivity index (χ3v) is 4.06. The van der Waals surface area contributed by atoms with Gasteiger partial charge < -0.3 is 11.1 Å². The maximum Gasteiger partial charge on any atom is 0.130 e. The highest BCUT2D eigenvalue weighted by Gasteiger charge is 2.18. The Bertz CT molecular complexity index is 599. The van der Waals surface area contributed by atoms with E-state index in [2.05, 4.69) is 21.2 Å². The molecule has 5 heteroatoms. The summed E-state index contributed by atoms with van der Waals surface area (Å²) in [5.41, 5.74) is 8.13. The van der Waals surface area contributed by atoms with Crippen molar-refractivity contribution in [1.82, 2.24) is 0 Å². The van der Waals surface area contributed by atoms with E-state index in [1.54, 1.807) is 12.1 Å². The number of aryl methyl sites for hydroxylation is 1. The largest absolute Gasteiger partial charge is 0.376 e. The number of hydrogen-bond acceptors (Lipinski definition) is 2. The van der Waals surface area contributed by atoms with Crippen molar-refractivity contribution in [2.75, 3.05) is 11.9 Å². The van der Waals surface area contributed by atoms with Gasteiger partial charge in [-0.15, -0.1) is 0 Å². The molecular formula is C15H15BrClFN2. The number of anilines is 1. The molecule has 2 aromatic rings. The molecule has 2 nitrogen and oxygen atoms in total. The average Bonchev–Trinajstić information content (AvgIpc) is 2.41. The number of nitrogens with two attached hydrogens (primary N) is 1. The molecule has 20 heavy (non-hydrogen) atoms. The monoisotopic (exact) mass is 356 g/mol. The first-order valence-electron chi connectivity index (χ1n) is 6.19. The van der Waals surface area contributed by atoms with Gasteiger partial charge in [-0.2, -0.15) is 0 Å². The summed E-state index contributed by atoms with van der Waals surface area (Å²) in [6.45, 7) is 2.23. The van der Waals surface area contributed by atoms with E-state index in [4.69, 9.17) is 17.3 Å². The summed E-state index contributed by atoms with van der Waals surface area (Å²) in [7, 11) is 0. The number of halogens is 3. The Morgan fingerprint density at radius 3 is 2.75 bits per heavy atom. The van der Waals surface area contributed by atoms with Gasteiger partial charge in [0.25, 0.3) is 0 Å². The molecule has 106 valence electrons. The fourth-order valence-corrected chi connectivity index (χ4v) is 2.69. The van der Waals surface area contributed by atoms with Gasteiger partial charge in [0.15, 0.2) is 0 Å². The Balaban J connectivity index is 2.36. The predicted molar refractivity (Wildman–Crippen MR) is 85.7 cm³/mol. The van der Waals surface area contributed by atoms with Crippen LogP contribution >= 0.6 is 27.5 Å². The Hall–Kier alpha value is -1.10. The van der Waals surface area contributed by atoms with Crippen molar-refractivity contribution < 1.29 is 4.39 Å². The zero-order valence-corrected chi connectivity index (χ0v) is 13.3. The number of hydrogen-bond donors (Lipinski definition) is 2. The molecule has 0 amide bonds. The van der Waals surface area contributed by atoms with Crippen LogP contribution in [0.5, 0.6) is 0 Å². The standard InChI is InChI=1S/C15H15BrClFN2/c1-9-5-6-10(16)13(7-9)20-14(8-19)15-11(17)3-2-4-12(15)18/h2-7,14,20H,8,19H2,1H3. The zero-order valence-electron chi connectivity index (χ0n) is 11.0. The second-order valence-corrected chi connectivity index (χ2v) is 5.81. The van der Waals surface area contributed by atoms with Crippen molar-refractivity contribution >= 4 is 33.2 Å². The van der Waals surface area contributed by atoms with Crippen molar-refractivity contribution in [3.63, 3.8) is 0 Å². The van der Waals surface area contributed by atoms with Crippen LogP contribution in [0.1, 0.15) is 17.2 Å². The van der Waals surface area contributed by atoms with E-state index in [1.165, 1.54) is 6.07 Å². The van der Waals surface area contributed by atoms with Gasteiger partial charge >= 0.3 is 0 Å². The van der Waals surface area contributed by atoms with Crippen LogP contribution in [0.4, 0.5) is 10.1 Å². The Morgan fingerprint density at radius 1 is 1.35 bits per heavy atom. The van der Waals surface area contributed by atoms with Gasteiger partial charge in [-0.25, -0.2) is 4.39 Å². The van der Waals surface area contributed by atoms with Crippen molar-refractivity contribution in [2.45, 2.75) is 13.0 Å². The second kappa shape index (κ2) is 6.57. The first-order chi connectivity index (χ1) is 9.52. The predicted octanol–water partition coefficient (Wildman–Crippen LogP) is 4.66. The van der Waals surface area contributed by atoms with E-state index in [9.17, 15) is 4.39 Å². The smallest absolute Gasteiger partial charge is 0.130 e. The van der Waals surface area contributed by atoms with E-state index in [0.29, 0.717) is 10.6 Å². The van der Waals surface area contributed by atoms with Crippen molar-refractivity contribution in [1.29, 1.82) is 0 Å². The quantitative estimate of drug-likeness (QED) is 0.835. The van der Waals surface area contributed by atoms with Crippen molar-refractivity contribution in [2.24, 2.45) is 5.73 Å². The molecule has 0 spiro atoms. The molecule has 0 aliphatic heterocycles. The molecule has 0 radical (unpaired) electrons. The topological polar surface area (TPSA) is 38.0 Å². The molecule has 0 saturated heterocycles. The number of nitrogens with one attached hydrogen (secondary N) is 1. The molecular weight excluding hydrogens is 343 g/mol. The van der Waals surface area contributed by atoms with Gasteiger partial charge in [-0.1, -0.05) is 23.7 Å². The van der Waals surface area contributed by atoms with Crippen LogP contribution in [-0.2, 0) is 0 Å². The molecule has 0 saturated carbocycles. The van der Waals surface area contributed by atoms with Gasteiger partial charge in [-0.3, -0.25) is 0 Å². The second-order valence-electron chi connectivity index (χ2n) is 4.55. The highest BCUT2D eigenvalue weighted by molar-refractivity contribution is 9.10. The summed E-state index contributed by atoms with van der Waals surface area (Å²) in [4.78, 5) is 0. The molecule has 2 aromatic carbocycles. The minimum atomic E-state index is -0.387. The lowest BCUT2D eigenvalue weighted by Crippen LogP contribution is -2.22. The van der Waals surface area contributed by atoms with Gasteiger partial charge in [0.05, 0.1) is 6.04 Å². The molecule has 0 aliphatic rings. The summed E-state index contributed by atoms with van der Waals surface area (Å²) in [5.74, 6) is -0.357.